The third-order valence-corrected chi connectivity index (χ3v) is 5.15. The smallest absolute Gasteiger partial charge is 0.323 e. The van der Waals surface area contributed by atoms with Crippen molar-refractivity contribution in [3.63, 3.8) is 0 Å². The lowest BCUT2D eigenvalue weighted by Gasteiger charge is -2.19. The molecule has 5 rings (SSSR count). The van der Waals surface area contributed by atoms with Crippen LogP contribution in [0.15, 0.2) is 71.7 Å². The number of benzene rings is 2. The number of hydrogen-bond acceptors (Lipinski definition) is 6. The highest BCUT2D eigenvalue weighted by atomic mass is 16.6. The number of nitrogens with one attached hydrogen (secondary N) is 2. The quantitative estimate of drug-likeness (QED) is 0.469. The highest BCUT2D eigenvalue weighted by Crippen LogP contribution is 2.32. The zero-order valence-electron chi connectivity index (χ0n) is 18.4. The molecule has 172 valence electrons. The summed E-state index contributed by atoms with van der Waals surface area (Å²) < 4.78 is 18.3. The molecule has 0 spiro atoms. The minimum atomic E-state index is -0.409. The van der Waals surface area contributed by atoms with Crippen molar-refractivity contribution in [2.24, 2.45) is 0 Å². The fraction of sp³-hybridized carbons (Fsp3) is 0.160. The summed E-state index contributed by atoms with van der Waals surface area (Å²) in [7, 11) is 0. The molecule has 3 heterocycles. The van der Waals surface area contributed by atoms with Crippen LogP contribution in [0.4, 0.5) is 16.2 Å². The number of anilines is 2. The van der Waals surface area contributed by atoms with Crippen LogP contribution in [-0.2, 0) is 6.61 Å². The van der Waals surface area contributed by atoms with Crippen LogP contribution in [0.3, 0.4) is 0 Å². The maximum atomic E-state index is 12.4. The first-order chi connectivity index (χ1) is 16.5. The van der Waals surface area contributed by atoms with Crippen molar-refractivity contribution >= 4 is 23.1 Å². The molecule has 2 aromatic carbocycles. The lowest BCUT2D eigenvalue weighted by atomic mass is 10.2. The Morgan fingerprint density at radius 2 is 1.79 bits per heavy atom. The van der Waals surface area contributed by atoms with Crippen LogP contribution in [0.2, 0.25) is 0 Å². The molecule has 0 unspecified atom stereocenters. The summed E-state index contributed by atoms with van der Waals surface area (Å²) in [5, 5.41) is 5.55. The molecule has 4 aromatic rings. The van der Waals surface area contributed by atoms with Gasteiger partial charge in [-0.1, -0.05) is 6.07 Å². The first kappa shape index (κ1) is 21.3. The second-order valence-electron chi connectivity index (χ2n) is 7.77. The summed E-state index contributed by atoms with van der Waals surface area (Å²) in [5.41, 5.74) is 3.06. The highest BCUT2D eigenvalue weighted by molar-refractivity contribution is 6.00. The minimum Gasteiger partial charge on any atom is -0.487 e. The van der Waals surface area contributed by atoms with Crippen molar-refractivity contribution in [3.8, 4) is 17.2 Å². The van der Waals surface area contributed by atoms with Crippen LogP contribution in [0, 0.1) is 6.92 Å². The number of rotatable bonds is 5. The maximum Gasteiger partial charge on any atom is 0.323 e. The molecular formula is C25H22N4O5. The Morgan fingerprint density at radius 1 is 1.00 bits per heavy atom. The molecule has 0 aliphatic carbocycles. The van der Waals surface area contributed by atoms with E-state index in [-0.39, 0.29) is 12.2 Å². The average molecular weight is 458 g/mol. The molecule has 9 heteroatoms. The van der Waals surface area contributed by atoms with Gasteiger partial charge in [-0.15, -0.1) is 0 Å². The zero-order valence-corrected chi connectivity index (χ0v) is 18.4. The van der Waals surface area contributed by atoms with Crippen LogP contribution in [0.25, 0.3) is 5.65 Å². The van der Waals surface area contributed by atoms with E-state index in [4.69, 9.17) is 14.2 Å². The van der Waals surface area contributed by atoms with Crippen molar-refractivity contribution in [1.82, 2.24) is 9.38 Å². The van der Waals surface area contributed by atoms with Crippen molar-refractivity contribution in [3.05, 3.63) is 88.5 Å². The molecule has 1 aliphatic rings. The van der Waals surface area contributed by atoms with Crippen LogP contribution < -0.4 is 30.4 Å². The number of pyridine rings is 1. The van der Waals surface area contributed by atoms with E-state index in [1.165, 1.54) is 10.5 Å². The number of fused-ring (bicyclic) bond motifs is 2. The number of ether oxygens (including phenoxy) is 3. The lowest BCUT2D eigenvalue weighted by molar-refractivity contribution is 0.171. The maximum absolute atomic E-state index is 12.4. The van der Waals surface area contributed by atoms with Gasteiger partial charge in [0.15, 0.2) is 11.5 Å². The average Bonchev–Trinajstić information content (AvgIpc) is 2.82. The molecule has 0 saturated heterocycles. The van der Waals surface area contributed by atoms with Crippen LogP contribution >= 0.6 is 0 Å². The van der Waals surface area contributed by atoms with E-state index in [0.717, 1.165) is 5.56 Å². The van der Waals surface area contributed by atoms with Gasteiger partial charge < -0.3 is 24.8 Å². The minimum absolute atomic E-state index is 0.118. The summed E-state index contributed by atoms with van der Waals surface area (Å²) in [4.78, 5) is 29.3. The SMILES string of the molecule is Cc1ccn2c(=O)cc(COc3cccc(NC(=O)Nc4ccc5c(c4)OCCO5)c3)nc2c1. The number of urea groups is 1. The molecule has 0 atom stereocenters. The number of hydrogen-bond donors (Lipinski definition) is 2. The summed E-state index contributed by atoms with van der Waals surface area (Å²) in [6, 6.07) is 16.9. The predicted octanol–water partition coefficient (Wildman–Crippen LogP) is 4.00. The third-order valence-electron chi connectivity index (χ3n) is 5.15. The topological polar surface area (TPSA) is 103 Å². The molecule has 2 aromatic heterocycles. The van der Waals surface area contributed by atoms with E-state index in [1.807, 2.05) is 19.1 Å². The monoisotopic (exact) mass is 458 g/mol. The Morgan fingerprint density at radius 3 is 2.65 bits per heavy atom. The molecular weight excluding hydrogens is 436 g/mol. The van der Waals surface area contributed by atoms with Crippen LogP contribution in [0.5, 0.6) is 17.2 Å². The summed E-state index contributed by atoms with van der Waals surface area (Å²) in [6.45, 7) is 3.04. The standard InChI is InChI=1S/C25H22N4O5/c1-16-7-8-29-23(11-16)26-19(14-24(29)30)15-34-20-4-2-3-17(12-20)27-25(31)28-18-5-6-21-22(13-18)33-10-9-32-21/h2-8,11-14H,9-10,15H2,1H3,(H2,27,28,31). The molecule has 0 saturated carbocycles. The molecule has 34 heavy (non-hydrogen) atoms. The van der Waals surface area contributed by atoms with Crippen LogP contribution in [0.1, 0.15) is 11.3 Å². The second-order valence-corrected chi connectivity index (χ2v) is 7.77. The van der Waals surface area contributed by atoms with Gasteiger partial charge in [0.05, 0.1) is 5.69 Å². The van der Waals surface area contributed by atoms with Crippen molar-refractivity contribution in [2.75, 3.05) is 23.8 Å². The Kier molecular flexibility index (Phi) is 5.73. The van der Waals surface area contributed by atoms with Gasteiger partial charge in [0.25, 0.3) is 5.56 Å². The first-order valence-corrected chi connectivity index (χ1v) is 10.7. The Bertz CT molecular complexity index is 1430. The van der Waals surface area contributed by atoms with E-state index in [0.29, 0.717) is 53.2 Å². The number of aryl methyl sites for hydroxylation is 1. The van der Waals surface area contributed by atoms with E-state index >= 15 is 0 Å². The predicted molar refractivity (Wildman–Crippen MR) is 127 cm³/mol. The number of carbonyl (C=O) groups excluding carboxylic acids is 1. The van der Waals surface area contributed by atoms with Gasteiger partial charge in [0.1, 0.15) is 31.2 Å². The molecule has 0 fully saturated rings. The largest absolute Gasteiger partial charge is 0.487 e. The highest BCUT2D eigenvalue weighted by Gasteiger charge is 2.13. The van der Waals surface area contributed by atoms with Gasteiger partial charge >= 0.3 is 6.03 Å². The number of amides is 2. The summed E-state index contributed by atoms with van der Waals surface area (Å²) in [6.07, 6.45) is 1.70. The summed E-state index contributed by atoms with van der Waals surface area (Å²) in [5.74, 6) is 1.78. The molecule has 0 radical (unpaired) electrons. The lowest BCUT2D eigenvalue weighted by Crippen LogP contribution is -2.20. The van der Waals surface area contributed by atoms with Crippen molar-refractivity contribution < 1.29 is 19.0 Å². The number of carbonyl (C=O) groups is 1. The Hall–Kier alpha value is -4.53. The zero-order chi connectivity index (χ0) is 23.5. The molecule has 2 amide bonds. The number of nitrogens with zero attached hydrogens (tertiary/aromatic N) is 2. The first-order valence-electron chi connectivity index (χ1n) is 10.7. The van der Waals surface area contributed by atoms with Crippen molar-refractivity contribution in [2.45, 2.75) is 13.5 Å². The van der Waals surface area contributed by atoms with E-state index in [9.17, 15) is 9.59 Å². The molecule has 9 nitrogen and oxygen atoms in total. The van der Waals surface area contributed by atoms with E-state index in [2.05, 4.69) is 15.6 Å². The summed E-state index contributed by atoms with van der Waals surface area (Å²) >= 11 is 0. The molecule has 1 aliphatic heterocycles. The van der Waals surface area contributed by atoms with Gasteiger partial charge in [-0.25, -0.2) is 9.78 Å². The Labute approximate surface area is 194 Å². The fourth-order valence-electron chi connectivity index (χ4n) is 3.56. The molecule has 2 N–H and O–H groups in total. The van der Waals surface area contributed by atoms with Crippen molar-refractivity contribution in [1.29, 1.82) is 0 Å². The van der Waals surface area contributed by atoms with E-state index in [1.54, 1.807) is 48.7 Å². The molecule has 0 bridgehead atoms. The van der Waals surface area contributed by atoms with Gasteiger partial charge in [-0.05, 0) is 48.9 Å². The van der Waals surface area contributed by atoms with Gasteiger partial charge in [0.2, 0.25) is 0 Å². The fourth-order valence-corrected chi connectivity index (χ4v) is 3.56. The van der Waals surface area contributed by atoms with Gasteiger partial charge in [-0.2, -0.15) is 0 Å². The van der Waals surface area contributed by atoms with Crippen LogP contribution in [-0.4, -0.2) is 28.6 Å². The third kappa shape index (κ3) is 4.78. The van der Waals surface area contributed by atoms with E-state index < -0.39 is 6.03 Å². The Balaban J connectivity index is 1.23. The number of aromatic nitrogens is 2. The van der Waals surface area contributed by atoms with Gasteiger partial charge in [-0.3, -0.25) is 9.20 Å². The van der Waals surface area contributed by atoms with Gasteiger partial charge in [0, 0.05) is 35.8 Å². The normalized spacial score (nSPS) is 12.3. The second kappa shape index (κ2) is 9.14.